The third-order valence-corrected chi connectivity index (χ3v) is 4.60. The first-order chi connectivity index (χ1) is 14.4. The number of methoxy groups -OCH3 is 1. The summed E-state index contributed by atoms with van der Waals surface area (Å²) < 4.78 is 5.16. The van der Waals surface area contributed by atoms with Crippen molar-refractivity contribution >= 4 is 29.9 Å². The molecule has 0 bridgehead atoms. The van der Waals surface area contributed by atoms with E-state index in [-0.39, 0.29) is 29.8 Å². The van der Waals surface area contributed by atoms with Gasteiger partial charge in [0.25, 0.3) is 5.91 Å². The van der Waals surface area contributed by atoms with E-state index in [1.54, 1.807) is 18.2 Å². The third kappa shape index (κ3) is 4.79. The molecular weight excluding hydrogens is 412 g/mol. The van der Waals surface area contributed by atoms with E-state index in [1.165, 1.54) is 24.3 Å². The van der Waals surface area contributed by atoms with E-state index in [2.05, 4.69) is 22.1 Å². The number of benzene rings is 1. The van der Waals surface area contributed by atoms with Crippen molar-refractivity contribution in [3.8, 4) is 23.3 Å². The van der Waals surface area contributed by atoms with Crippen molar-refractivity contribution < 1.29 is 24.2 Å². The van der Waals surface area contributed by atoms with Crippen molar-refractivity contribution in [1.29, 1.82) is 0 Å². The number of hydrogen-bond donors (Lipinski definition) is 3. The monoisotopic (exact) mass is 428 g/mol. The fraction of sp³-hybridized carbons (Fsp3) is 0.200. The summed E-state index contributed by atoms with van der Waals surface area (Å²) in [5.41, 5.74) is 1.71. The molecule has 0 aliphatic carbocycles. The van der Waals surface area contributed by atoms with Gasteiger partial charge in [0.05, 0.1) is 13.7 Å². The van der Waals surface area contributed by atoms with Crippen LogP contribution in [-0.2, 0) is 11.3 Å². The van der Waals surface area contributed by atoms with Crippen molar-refractivity contribution in [3.63, 3.8) is 0 Å². The molecule has 1 aliphatic rings. The van der Waals surface area contributed by atoms with Crippen LogP contribution >= 0.6 is 11.6 Å². The molecule has 10 heteroatoms. The molecule has 0 spiro atoms. The van der Waals surface area contributed by atoms with Crippen LogP contribution in [0.2, 0.25) is 5.15 Å². The van der Waals surface area contributed by atoms with Gasteiger partial charge in [-0.05, 0) is 17.7 Å². The first kappa shape index (κ1) is 21.0. The Morgan fingerprint density at radius 2 is 2.27 bits per heavy atom. The van der Waals surface area contributed by atoms with E-state index >= 15 is 0 Å². The van der Waals surface area contributed by atoms with Gasteiger partial charge in [-0.3, -0.25) is 14.9 Å². The van der Waals surface area contributed by atoms with Gasteiger partial charge in [-0.25, -0.2) is 9.78 Å². The zero-order valence-electron chi connectivity index (χ0n) is 15.8. The molecule has 1 aromatic carbocycles. The number of amides is 4. The average Bonchev–Trinajstić information content (AvgIpc) is 3.03. The lowest BCUT2D eigenvalue weighted by Crippen LogP contribution is -2.46. The Kier molecular flexibility index (Phi) is 6.39. The molecule has 1 aromatic heterocycles. The molecule has 0 saturated heterocycles. The maximum Gasteiger partial charge on any atom is 0.322 e. The van der Waals surface area contributed by atoms with Gasteiger partial charge < -0.3 is 20.1 Å². The summed E-state index contributed by atoms with van der Waals surface area (Å²) in [4.78, 5) is 40.4. The number of nitrogens with one attached hydrogen (secondary N) is 2. The number of hydrogen-bond acceptors (Lipinski definition) is 6. The lowest BCUT2D eigenvalue weighted by atomic mass is 10.1. The molecule has 154 valence electrons. The number of halogens is 1. The van der Waals surface area contributed by atoms with Crippen molar-refractivity contribution in [2.75, 3.05) is 13.7 Å². The maximum atomic E-state index is 12.7. The highest BCUT2D eigenvalue weighted by molar-refractivity contribution is 6.30. The Morgan fingerprint density at radius 3 is 2.97 bits per heavy atom. The van der Waals surface area contributed by atoms with Crippen LogP contribution in [0.15, 0.2) is 30.5 Å². The number of aromatic nitrogens is 1. The van der Waals surface area contributed by atoms with Gasteiger partial charge in [-0.2, -0.15) is 0 Å². The van der Waals surface area contributed by atoms with E-state index in [4.69, 9.17) is 16.3 Å². The van der Waals surface area contributed by atoms with Crippen molar-refractivity contribution in [1.82, 2.24) is 20.5 Å². The highest BCUT2D eigenvalue weighted by Crippen LogP contribution is 2.26. The van der Waals surface area contributed by atoms with Crippen LogP contribution in [-0.4, -0.2) is 53.0 Å². The van der Waals surface area contributed by atoms with Gasteiger partial charge >= 0.3 is 6.03 Å². The second-order valence-corrected chi connectivity index (χ2v) is 6.66. The predicted octanol–water partition coefficient (Wildman–Crippen LogP) is 1.28. The molecule has 3 N–H and O–H groups in total. The van der Waals surface area contributed by atoms with Crippen LogP contribution in [0, 0.1) is 11.8 Å². The standard InChI is InChI=1S/C20H17ClN4O5/c1-30-15-5-3-13-9-25(19(28)16(13)7-15)10-14(24-20(29)23-11-26)4-2-12-6-17(27)18(21)22-8-12/h3,5-8,11,14,27H,9-10H2,1H3,(H2,23,24,26,29)/t14-/m1/s1. The van der Waals surface area contributed by atoms with Crippen LogP contribution in [0.4, 0.5) is 4.79 Å². The summed E-state index contributed by atoms with van der Waals surface area (Å²) in [5, 5.41) is 14.1. The summed E-state index contributed by atoms with van der Waals surface area (Å²) in [5.74, 6) is 5.70. The zero-order valence-corrected chi connectivity index (χ0v) is 16.6. The van der Waals surface area contributed by atoms with E-state index in [9.17, 15) is 19.5 Å². The number of ether oxygens (including phenoxy) is 1. The maximum absolute atomic E-state index is 12.7. The van der Waals surface area contributed by atoms with Crippen LogP contribution < -0.4 is 15.4 Å². The Labute approximate surface area is 177 Å². The normalized spacial score (nSPS) is 13.0. The summed E-state index contributed by atoms with van der Waals surface area (Å²) >= 11 is 5.68. The first-order valence-corrected chi connectivity index (χ1v) is 9.12. The summed E-state index contributed by atoms with van der Waals surface area (Å²) in [6.45, 7) is 0.415. The molecule has 0 unspecified atom stereocenters. The van der Waals surface area contributed by atoms with Crippen LogP contribution in [0.5, 0.6) is 11.5 Å². The number of carbonyl (C=O) groups excluding carboxylic acids is 3. The SMILES string of the molecule is COc1ccc2c(c1)C(=O)N(C[C@@H](C#Cc1cnc(Cl)c(O)c1)NC(=O)NC=O)C2. The lowest BCUT2D eigenvalue weighted by molar-refractivity contribution is -0.108. The Bertz CT molecular complexity index is 1060. The summed E-state index contributed by atoms with van der Waals surface area (Å²) in [6.07, 6.45) is 1.60. The number of carbonyl (C=O) groups is 3. The Morgan fingerprint density at radius 1 is 1.47 bits per heavy atom. The summed E-state index contributed by atoms with van der Waals surface area (Å²) in [7, 11) is 1.52. The highest BCUT2D eigenvalue weighted by Gasteiger charge is 2.29. The first-order valence-electron chi connectivity index (χ1n) is 8.74. The number of rotatable bonds is 5. The number of fused-ring (bicyclic) bond motifs is 1. The highest BCUT2D eigenvalue weighted by atomic mass is 35.5. The fourth-order valence-corrected chi connectivity index (χ4v) is 2.99. The topological polar surface area (TPSA) is 121 Å². The molecule has 4 amide bonds. The number of aromatic hydroxyl groups is 1. The minimum Gasteiger partial charge on any atom is -0.505 e. The number of pyridine rings is 1. The van der Waals surface area contributed by atoms with Crippen LogP contribution in [0.1, 0.15) is 21.5 Å². The Balaban J connectivity index is 1.80. The van der Waals surface area contributed by atoms with Gasteiger partial charge in [0.2, 0.25) is 6.41 Å². The largest absolute Gasteiger partial charge is 0.505 e. The molecule has 30 heavy (non-hydrogen) atoms. The van der Waals surface area contributed by atoms with Gasteiger partial charge in [-0.1, -0.05) is 29.5 Å². The molecule has 2 heterocycles. The fourth-order valence-electron chi connectivity index (χ4n) is 2.89. The van der Waals surface area contributed by atoms with E-state index in [1.807, 2.05) is 5.32 Å². The second kappa shape index (κ2) is 9.15. The van der Waals surface area contributed by atoms with Crippen molar-refractivity contribution in [2.45, 2.75) is 12.6 Å². The minimum absolute atomic E-state index is 0.0589. The molecule has 0 saturated carbocycles. The van der Waals surface area contributed by atoms with Crippen LogP contribution in [0.3, 0.4) is 0 Å². The Hall–Kier alpha value is -3.77. The molecule has 9 nitrogen and oxygen atoms in total. The second-order valence-electron chi connectivity index (χ2n) is 6.30. The number of imide groups is 1. The molecule has 1 aliphatic heterocycles. The predicted molar refractivity (Wildman–Crippen MR) is 107 cm³/mol. The smallest absolute Gasteiger partial charge is 0.322 e. The van der Waals surface area contributed by atoms with E-state index < -0.39 is 12.1 Å². The molecule has 2 aromatic rings. The lowest BCUT2D eigenvalue weighted by Gasteiger charge is -2.21. The molecule has 0 fully saturated rings. The summed E-state index contributed by atoms with van der Waals surface area (Å²) in [6, 6.07) is 5.00. The van der Waals surface area contributed by atoms with E-state index in [0.29, 0.717) is 23.4 Å². The third-order valence-electron chi connectivity index (χ3n) is 4.31. The average molecular weight is 429 g/mol. The van der Waals surface area contributed by atoms with Gasteiger partial charge in [0.15, 0.2) is 10.9 Å². The van der Waals surface area contributed by atoms with E-state index in [0.717, 1.165) is 5.56 Å². The quantitative estimate of drug-likeness (QED) is 0.375. The molecular formula is C20H17ClN4O5. The van der Waals surface area contributed by atoms with Crippen LogP contribution in [0.25, 0.3) is 0 Å². The van der Waals surface area contributed by atoms with Gasteiger partial charge in [0.1, 0.15) is 11.8 Å². The molecule has 3 rings (SSSR count). The van der Waals surface area contributed by atoms with Gasteiger partial charge in [-0.15, -0.1) is 0 Å². The van der Waals surface area contributed by atoms with Crippen molar-refractivity contribution in [2.24, 2.45) is 0 Å². The molecule has 1 atom stereocenters. The minimum atomic E-state index is -0.803. The molecule has 0 radical (unpaired) electrons. The number of urea groups is 1. The van der Waals surface area contributed by atoms with Gasteiger partial charge in [0, 0.05) is 29.9 Å². The number of nitrogens with zero attached hydrogens (tertiary/aromatic N) is 2. The van der Waals surface area contributed by atoms with Crippen molar-refractivity contribution in [3.05, 3.63) is 52.3 Å². The zero-order chi connectivity index (χ0) is 21.7.